The van der Waals surface area contributed by atoms with E-state index in [-0.39, 0.29) is 10.8 Å². The molecule has 2 heteroatoms. The van der Waals surface area contributed by atoms with Gasteiger partial charge < -0.3 is 0 Å². The van der Waals surface area contributed by atoms with E-state index in [1.54, 1.807) is 0 Å². The lowest BCUT2D eigenvalue weighted by atomic mass is 9.85. The van der Waals surface area contributed by atoms with Crippen molar-refractivity contribution in [1.82, 2.24) is 0 Å². The monoisotopic (exact) mass is 158 g/mol. The third-order valence-electron chi connectivity index (χ3n) is 3.14. The maximum Gasteiger partial charge on any atom is 0.140 e. The van der Waals surface area contributed by atoms with Gasteiger partial charge >= 0.3 is 0 Å². The molecule has 3 atom stereocenters. The van der Waals surface area contributed by atoms with E-state index < -0.39 is 0 Å². The number of carbonyl (C=O) groups is 1. The molecule has 2 bridgehead atoms. The predicted molar refractivity (Wildman–Crippen MR) is 40.1 cm³/mol. The van der Waals surface area contributed by atoms with Gasteiger partial charge in [-0.25, -0.2) is 0 Å². The Morgan fingerprint density at radius 1 is 1.70 bits per heavy atom. The van der Waals surface area contributed by atoms with Gasteiger partial charge in [-0.3, -0.25) is 4.79 Å². The quantitative estimate of drug-likeness (QED) is 0.493. The van der Waals surface area contributed by atoms with Crippen molar-refractivity contribution in [3.63, 3.8) is 0 Å². The number of alkyl halides is 1. The minimum Gasteiger partial charge on any atom is -0.299 e. The Kier molecular flexibility index (Phi) is 1.17. The average Bonchev–Trinajstić information content (AvgIpc) is 2.25. The van der Waals surface area contributed by atoms with Crippen LogP contribution in [-0.2, 0) is 4.79 Å². The van der Waals surface area contributed by atoms with Crippen LogP contribution in [0.2, 0.25) is 0 Å². The van der Waals surface area contributed by atoms with E-state index in [1.165, 1.54) is 0 Å². The molecular formula is C8H11ClO. The Balaban J connectivity index is 2.37. The summed E-state index contributed by atoms with van der Waals surface area (Å²) in [5.74, 6) is 0.892. The van der Waals surface area contributed by atoms with Gasteiger partial charge in [0, 0.05) is 17.2 Å². The lowest BCUT2D eigenvalue weighted by molar-refractivity contribution is -0.126. The average molecular weight is 159 g/mol. The molecule has 56 valence electrons. The topological polar surface area (TPSA) is 17.1 Å². The maximum atomic E-state index is 11.3. The molecule has 0 aromatic carbocycles. The Bertz CT molecular complexity index is 190. The second-order valence-corrected chi connectivity index (χ2v) is 4.22. The van der Waals surface area contributed by atoms with E-state index in [0.29, 0.717) is 11.7 Å². The minimum absolute atomic E-state index is 0.139. The number of hydrogen-bond acceptors (Lipinski definition) is 1. The van der Waals surface area contributed by atoms with Crippen molar-refractivity contribution in [1.29, 1.82) is 0 Å². The van der Waals surface area contributed by atoms with E-state index in [9.17, 15) is 4.79 Å². The molecule has 0 aromatic heterocycles. The smallest absolute Gasteiger partial charge is 0.140 e. The van der Waals surface area contributed by atoms with E-state index in [2.05, 4.69) is 0 Å². The van der Waals surface area contributed by atoms with Crippen molar-refractivity contribution < 1.29 is 4.79 Å². The van der Waals surface area contributed by atoms with Crippen molar-refractivity contribution in [3.8, 4) is 0 Å². The van der Waals surface area contributed by atoms with E-state index in [4.69, 9.17) is 11.6 Å². The summed E-state index contributed by atoms with van der Waals surface area (Å²) < 4.78 is 0. The van der Waals surface area contributed by atoms with Gasteiger partial charge in [-0.15, -0.1) is 11.6 Å². The first-order chi connectivity index (χ1) is 4.64. The van der Waals surface area contributed by atoms with Crippen LogP contribution in [0.15, 0.2) is 0 Å². The molecule has 0 aliphatic heterocycles. The molecule has 0 N–H and O–H groups in total. The molecular weight excluding hydrogens is 148 g/mol. The van der Waals surface area contributed by atoms with Crippen LogP contribution in [0.25, 0.3) is 0 Å². The van der Waals surface area contributed by atoms with E-state index in [1.807, 2.05) is 6.92 Å². The van der Waals surface area contributed by atoms with Crippen molar-refractivity contribution in [2.24, 2.45) is 11.3 Å². The third-order valence-corrected chi connectivity index (χ3v) is 3.98. The summed E-state index contributed by atoms with van der Waals surface area (Å²) in [7, 11) is 0. The fraction of sp³-hybridized carbons (Fsp3) is 0.875. The van der Waals surface area contributed by atoms with Gasteiger partial charge in [0.25, 0.3) is 0 Å². The van der Waals surface area contributed by atoms with Crippen LogP contribution in [0.3, 0.4) is 0 Å². The molecule has 2 rings (SSSR count). The molecule has 0 aromatic rings. The van der Waals surface area contributed by atoms with Gasteiger partial charge in [-0.1, -0.05) is 6.92 Å². The number of halogens is 1. The molecule has 0 amide bonds. The number of fused-ring (bicyclic) bond motifs is 2. The second kappa shape index (κ2) is 1.76. The number of Topliss-reactive ketones (excluding diaryl/α,β-unsaturated/α-hetero) is 1. The highest BCUT2D eigenvalue weighted by Gasteiger charge is 2.55. The molecule has 1 nitrogen and oxygen atoms in total. The van der Waals surface area contributed by atoms with Gasteiger partial charge in [-0.05, 0) is 18.8 Å². The molecule has 0 saturated heterocycles. The summed E-state index contributed by atoms with van der Waals surface area (Å²) in [6, 6.07) is 0. The SMILES string of the molecule is C[C@@]12CC[C@@H](CC1=O)[C@H]2Cl. The van der Waals surface area contributed by atoms with Gasteiger partial charge in [0.2, 0.25) is 0 Å². The summed E-state index contributed by atoms with van der Waals surface area (Å²) in [6.07, 6.45) is 2.92. The zero-order chi connectivity index (χ0) is 7.35. The number of hydrogen-bond donors (Lipinski definition) is 0. The maximum absolute atomic E-state index is 11.3. The summed E-state index contributed by atoms with van der Waals surface area (Å²) in [4.78, 5) is 11.3. The van der Waals surface area contributed by atoms with Gasteiger partial charge in [-0.2, -0.15) is 0 Å². The molecule has 10 heavy (non-hydrogen) atoms. The zero-order valence-electron chi connectivity index (χ0n) is 6.06. The third kappa shape index (κ3) is 0.572. The Hall–Kier alpha value is -0.0400. The van der Waals surface area contributed by atoms with Gasteiger partial charge in [0.1, 0.15) is 5.78 Å². The fourth-order valence-corrected chi connectivity index (χ4v) is 2.71. The highest BCUT2D eigenvalue weighted by Crippen LogP contribution is 2.54. The molecule has 2 aliphatic rings. The van der Waals surface area contributed by atoms with Crippen LogP contribution in [0, 0.1) is 11.3 Å². The molecule has 0 radical (unpaired) electrons. The highest BCUT2D eigenvalue weighted by molar-refractivity contribution is 6.24. The summed E-state index contributed by atoms with van der Waals surface area (Å²) in [5, 5.41) is 0.139. The van der Waals surface area contributed by atoms with Crippen molar-refractivity contribution in [2.45, 2.75) is 31.6 Å². The number of carbonyl (C=O) groups excluding carboxylic acids is 1. The first-order valence-electron chi connectivity index (χ1n) is 3.82. The Morgan fingerprint density at radius 3 is 2.60 bits per heavy atom. The minimum atomic E-state index is -0.147. The van der Waals surface area contributed by atoms with Crippen LogP contribution in [-0.4, -0.2) is 11.2 Å². The fourth-order valence-electron chi connectivity index (χ4n) is 2.26. The standard InChI is InChI=1S/C8H11ClO/c1-8-3-2-5(7(8)9)4-6(8)10/h5,7H,2-4H2,1H3/t5-,7+,8+/m0/s1. The second-order valence-electron chi connectivity index (χ2n) is 3.75. The van der Waals surface area contributed by atoms with Crippen molar-refractivity contribution >= 4 is 17.4 Å². The number of rotatable bonds is 0. The molecule has 2 saturated carbocycles. The first-order valence-corrected chi connectivity index (χ1v) is 4.25. The highest BCUT2D eigenvalue weighted by atomic mass is 35.5. The van der Waals surface area contributed by atoms with Gasteiger partial charge in [0.05, 0.1) is 0 Å². The summed E-state index contributed by atoms with van der Waals surface area (Å²) >= 11 is 6.09. The predicted octanol–water partition coefficient (Wildman–Crippen LogP) is 1.98. The number of ketones is 1. The van der Waals surface area contributed by atoms with Crippen LogP contribution in [0.1, 0.15) is 26.2 Å². The summed E-state index contributed by atoms with van der Waals surface area (Å²) in [5.41, 5.74) is -0.147. The lowest BCUT2D eigenvalue weighted by Crippen LogP contribution is -2.26. The molecule has 2 aliphatic carbocycles. The van der Waals surface area contributed by atoms with Crippen LogP contribution in [0.5, 0.6) is 0 Å². The molecule has 0 heterocycles. The molecule has 0 unspecified atom stereocenters. The normalized spacial score (nSPS) is 52.4. The van der Waals surface area contributed by atoms with Gasteiger partial charge in [0.15, 0.2) is 0 Å². The first kappa shape index (κ1) is 6.66. The van der Waals surface area contributed by atoms with Crippen LogP contribution < -0.4 is 0 Å². The van der Waals surface area contributed by atoms with E-state index in [0.717, 1.165) is 19.3 Å². The summed E-state index contributed by atoms with van der Waals surface area (Å²) in [6.45, 7) is 2.01. The van der Waals surface area contributed by atoms with Crippen LogP contribution in [0.4, 0.5) is 0 Å². The van der Waals surface area contributed by atoms with Crippen molar-refractivity contribution in [2.75, 3.05) is 0 Å². The molecule has 0 spiro atoms. The molecule has 2 fully saturated rings. The largest absolute Gasteiger partial charge is 0.299 e. The van der Waals surface area contributed by atoms with E-state index >= 15 is 0 Å². The Labute approximate surface area is 65.7 Å². The Morgan fingerprint density at radius 2 is 2.40 bits per heavy atom. The lowest BCUT2D eigenvalue weighted by Gasteiger charge is -2.20. The van der Waals surface area contributed by atoms with Crippen LogP contribution >= 0.6 is 11.6 Å². The zero-order valence-corrected chi connectivity index (χ0v) is 6.82. The van der Waals surface area contributed by atoms with Crippen molar-refractivity contribution in [3.05, 3.63) is 0 Å².